The number of aliphatic hydroxyl groups is 3. The quantitative estimate of drug-likeness (QED) is 0.169. The number of nitrogens with zero attached hydrogens (tertiary/aromatic N) is 7. The van der Waals surface area contributed by atoms with E-state index in [0.717, 1.165) is 11.8 Å². The zero-order valence-electron chi connectivity index (χ0n) is 15.8. The lowest BCUT2D eigenvalue weighted by Crippen LogP contribution is -2.33. The summed E-state index contributed by atoms with van der Waals surface area (Å²) in [7, 11) is 0. The van der Waals surface area contributed by atoms with Crippen LogP contribution in [0.3, 0.4) is 0 Å². The molecule has 166 valence electrons. The smallest absolute Gasteiger partial charge is 0.300 e. The number of ether oxygens (including phenoxy) is 1. The third-order valence-corrected chi connectivity index (χ3v) is 5.99. The molecule has 1 aliphatic rings. The average Bonchev–Trinajstić information content (AvgIpc) is 3.47. The number of non-ortho nitro benzene ring substituents is 1. The van der Waals surface area contributed by atoms with Gasteiger partial charge in [0, 0.05) is 11.0 Å². The van der Waals surface area contributed by atoms with Crippen molar-refractivity contribution in [2.24, 2.45) is 0 Å². The van der Waals surface area contributed by atoms with Gasteiger partial charge in [0.25, 0.3) is 0 Å². The standard InChI is InChI=1S/C16H14N8O7S/c17-16-19-13-10(18-4-23(13)15-12(27)11(26)6(3-25)30-15)14(20-16)32-7-2-1-5(24(28)29)8-9(7)22-31-21-8/h1-2,4,6,11-12,15,25-27H,3H2,(H2,17,19,20)/t6-,11+,12-,15+/m0/s1. The van der Waals surface area contributed by atoms with E-state index in [1.54, 1.807) is 0 Å². The molecular formula is C16H14N8O7S. The molecule has 4 atom stereocenters. The van der Waals surface area contributed by atoms with E-state index in [1.807, 2.05) is 0 Å². The van der Waals surface area contributed by atoms with Crippen molar-refractivity contribution in [3.63, 3.8) is 0 Å². The molecule has 5 rings (SSSR count). The Kier molecular flexibility index (Phi) is 4.86. The van der Waals surface area contributed by atoms with Crippen molar-refractivity contribution in [1.29, 1.82) is 0 Å². The predicted molar refractivity (Wildman–Crippen MR) is 105 cm³/mol. The number of nitro benzene ring substituents is 1. The van der Waals surface area contributed by atoms with Crippen LogP contribution in [0, 0.1) is 10.1 Å². The first-order valence-corrected chi connectivity index (χ1v) is 9.90. The number of benzene rings is 1. The first-order valence-electron chi connectivity index (χ1n) is 9.09. The van der Waals surface area contributed by atoms with Crippen LogP contribution in [-0.4, -0.2) is 75.0 Å². The van der Waals surface area contributed by atoms with Crippen molar-refractivity contribution < 1.29 is 29.6 Å². The van der Waals surface area contributed by atoms with Gasteiger partial charge in [0.1, 0.15) is 28.9 Å². The molecule has 3 aromatic heterocycles. The molecule has 1 aliphatic heterocycles. The molecule has 16 heteroatoms. The maximum Gasteiger partial charge on any atom is 0.300 e. The highest BCUT2D eigenvalue weighted by Crippen LogP contribution is 2.38. The summed E-state index contributed by atoms with van der Waals surface area (Å²) in [6, 6.07) is 2.75. The lowest BCUT2D eigenvalue weighted by Gasteiger charge is -2.16. The van der Waals surface area contributed by atoms with Gasteiger partial charge in [-0.25, -0.2) is 14.6 Å². The number of hydrogen-bond donors (Lipinski definition) is 4. The van der Waals surface area contributed by atoms with Crippen LogP contribution in [0.1, 0.15) is 6.23 Å². The van der Waals surface area contributed by atoms with E-state index in [2.05, 4.69) is 29.9 Å². The van der Waals surface area contributed by atoms with E-state index in [4.69, 9.17) is 10.5 Å². The molecule has 0 spiro atoms. The monoisotopic (exact) mass is 462 g/mol. The lowest BCUT2D eigenvalue weighted by atomic mass is 10.1. The van der Waals surface area contributed by atoms with Crippen LogP contribution in [0.2, 0.25) is 0 Å². The van der Waals surface area contributed by atoms with Gasteiger partial charge >= 0.3 is 5.69 Å². The molecule has 0 bridgehead atoms. The van der Waals surface area contributed by atoms with Gasteiger partial charge in [-0.2, -0.15) is 4.98 Å². The van der Waals surface area contributed by atoms with Crippen LogP contribution in [0.4, 0.5) is 11.6 Å². The third kappa shape index (κ3) is 3.12. The maximum absolute atomic E-state index is 11.2. The normalized spacial score (nSPS) is 23.3. The van der Waals surface area contributed by atoms with Crippen molar-refractivity contribution in [2.45, 2.75) is 34.5 Å². The summed E-state index contributed by atoms with van der Waals surface area (Å²) >= 11 is 1.06. The summed E-state index contributed by atoms with van der Waals surface area (Å²) in [5, 5.41) is 48.6. The van der Waals surface area contributed by atoms with Gasteiger partial charge in [0.05, 0.1) is 17.9 Å². The fourth-order valence-electron chi connectivity index (χ4n) is 3.44. The molecule has 0 aliphatic carbocycles. The number of aliphatic hydroxyl groups excluding tert-OH is 3. The third-order valence-electron chi connectivity index (χ3n) is 4.96. The van der Waals surface area contributed by atoms with Gasteiger partial charge in [-0.15, -0.1) is 0 Å². The molecule has 5 N–H and O–H groups in total. The zero-order chi connectivity index (χ0) is 22.6. The van der Waals surface area contributed by atoms with E-state index in [0.29, 0.717) is 15.4 Å². The molecule has 1 aromatic carbocycles. The molecule has 1 fully saturated rings. The Bertz CT molecular complexity index is 1340. The largest absolute Gasteiger partial charge is 0.394 e. The van der Waals surface area contributed by atoms with Crippen LogP contribution in [0.5, 0.6) is 0 Å². The fourth-order valence-corrected chi connectivity index (χ4v) is 4.39. The predicted octanol–water partition coefficient (Wildman–Crippen LogP) is -0.384. The number of rotatable bonds is 5. The van der Waals surface area contributed by atoms with Gasteiger partial charge in [-0.05, 0) is 16.4 Å². The zero-order valence-corrected chi connectivity index (χ0v) is 16.7. The van der Waals surface area contributed by atoms with E-state index in [-0.39, 0.29) is 28.3 Å². The molecule has 15 nitrogen and oxygen atoms in total. The molecule has 1 saturated heterocycles. The van der Waals surface area contributed by atoms with Crippen molar-refractivity contribution >= 4 is 45.6 Å². The average molecular weight is 462 g/mol. The number of fused-ring (bicyclic) bond motifs is 2. The van der Waals surface area contributed by atoms with Crippen LogP contribution < -0.4 is 5.73 Å². The van der Waals surface area contributed by atoms with Crippen LogP contribution >= 0.6 is 11.8 Å². The highest BCUT2D eigenvalue weighted by molar-refractivity contribution is 7.99. The highest BCUT2D eigenvalue weighted by atomic mass is 32.2. The SMILES string of the molecule is Nc1nc(Sc2ccc([N+](=O)[O-])c3nonc23)c2ncn([C@@H]3O[C@@H](CO)[C@@H](O)[C@@H]3O)c2n1. The van der Waals surface area contributed by atoms with Crippen molar-refractivity contribution in [3.8, 4) is 0 Å². The molecule has 0 unspecified atom stereocenters. The molecule has 32 heavy (non-hydrogen) atoms. The number of anilines is 1. The minimum Gasteiger partial charge on any atom is -0.394 e. The second-order valence-electron chi connectivity index (χ2n) is 6.84. The number of nitrogens with two attached hydrogens (primary N) is 1. The first-order chi connectivity index (χ1) is 15.4. The Morgan fingerprint density at radius 2 is 1.97 bits per heavy atom. The Labute approximate surface area is 180 Å². The van der Waals surface area contributed by atoms with Crippen molar-refractivity contribution in [2.75, 3.05) is 12.3 Å². The van der Waals surface area contributed by atoms with Gasteiger partial charge in [0.15, 0.2) is 17.4 Å². The van der Waals surface area contributed by atoms with Gasteiger partial charge in [-0.3, -0.25) is 14.7 Å². The number of aromatic nitrogens is 6. The number of imidazole rings is 1. The Balaban J connectivity index is 1.57. The van der Waals surface area contributed by atoms with E-state index >= 15 is 0 Å². The van der Waals surface area contributed by atoms with Gasteiger partial charge < -0.3 is 25.8 Å². The second-order valence-corrected chi connectivity index (χ2v) is 7.87. The molecule has 0 radical (unpaired) electrons. The van der Waals surface area contributed by atoms with E-state index in [9.17, 15) is 25.4 Å². The first kappa shape index (κ1) is 20.5. The van der Waals surface area contributed by atoms with Crippen molar-refractivity contribution in [3.05, 3.63) is 28.6 Å². The molecule has 4 aromatic rings. The van der Waals surface area contributed by atoms with Crippen LogP contribution in [0.15, 0.2) is 33.0 Å². The molecule has 4 heterocycles. The number of nitro groups is 1. The summed E-state index contributed by atoms with van der Waals surface area (Å²) in [5.41, 5.74) is 6.27. The summed E-state index contributed by atoms with van der Waals surface area (Å²) in [4.78, 5) is 23.7. The fraction of sp³-hybridized carbons (Fsp3) is 0.312. The van der Waals surface area contributed by atoms with Crippen molar-refractivity contribution in [1.82, 2.24) is 29.8 Å². The van der Waals surface area contributed by atoms with Crippen LogP contribution in [0.25, 0.3) is 22.2 Å². The Morgan fingerprint density at radius 1 is 1.19 bits per heavy atom. The topological polar surface area (TPSA) is 222 Å². The summed E-state index contributed by atoms with van der Waals surface area (Å²) in [6.07, 6.45) is -3.35. The summed E-state index contributed by atoms with van der Waals surface area (Å²) < 4.78 is 11.6. The Morgan fingerprint density at radius 3 is 2.69 bits per heavy atom. The molecule has 0 amide bonds. The van der Waals surface area contributed by atoms with Gasteiger partial charge in [0.2, 0.25) is 11.5 Å². The number of nitrogen functional groups attached to an aromatic ring is 1. The number of hydrogen-bond acceptors (Lipinski definition) is 14. The highest BCUT2D eigenvalue weighted by Gasteiger charge is 2.44. The minimum atomic E-state index is -1.34. The van der Waals surface area contributed by atoms with E-state index < -0.39 is 36.1 Å². The van der Waals surface area contributed by atoms with E-state index in [1.165, 1.54) is 23.0 Å². The molecule has 0 saturated carbocycles. The minimum absolute atomic E-state index is 0.0182. The Hall–Kier alpha value is -3.44. The summed E-state index contributed by atoms with van der Waals surface area (Å²) in [6.45, 7) is -0.485. The lowest BCUT2D eigenvalue weighted by molar-refractivity contribution is -0.383. The summed E-state index contributed by atoms with van der Waals surface area (Å²) in [5.74, 6) is -0.107. The maximum atomic E-state index is 11.2. The molecular weight excluding hydrogens is 448 g/mol. The van der Waals surface area contributed by atoms with Gasteiger partial charge in [-0.1, -0.05) is 11.8 Å². The van der Waals surface area contributed by atoms with Crippen LogP contribution in [-0.2, 0) is 4.74 Å². The second kappa shape index (κ2) is 7.61.